The van der Waals surface area contributed by atoms with Gasteiger partial charge in [-0.2, -0.15) is 28.6 Å². The Morgan fingerprint density at radius 2 is 1.89 bits per heavy atom. The highest BCUT2D eigenvalue weighted by atomic mass is 35.5. The maximum Gasteiger partial charge on any atom is 0.435 e. The number of hydrogen-bond donors (Lipinski definition) is 2. The van der Waals surface area contributed by atoms with Crippen LogP contribution in [0.2, 0.25) is 10.0 Å². The van der Waals surface area contributed by atoms with Crippen molar-refractivity contribution in [3.8, 4) is 22.9 Å². The number of nitrogens with zero attached hydrogens (tertiary/aromatic N) is 7. The fourth-order valence-corrected chi connectivity index (χ4v) is 5.55. The first-order valence-corrected chi connectivity index (χ1v) is 13.8. The van der Waals surface area contributed by atoms with Crippen LogP contribution in [0.15, 0.2) is 30.7 Å². The molecule has 11 nitrogen and oxygen atoms in total. The van der Waals surface area contributed by atoms with Gasteiger partial charge in [0.1, 0.15) is 42.4 Å². The maximum absolute atomic E-state index is 14.9. The molecule has 0 saturated carbocycles. The van der Waals surface area contributed by atoms with Gasteiger partial charge in [-0.15, -0.1) is 0 Å². The first kappa shape index (κ1) is 32.7. The molecule has 0 aliphatic carbocycles. The van der Waals surface area contributed by atoms with Gasteiger partial charge in [-0.1, -0.05) is 23.2 Å². The summed E-state index contributed by atoms with van der Waals surface area (Å²) in [5, 5.41) is 39.1. The standard InChI is InChI=1S/C27H22Cl2F5N7O4/c1-10(42)22-23(44-3)20(40-9-13(7-37-40)15-4-12(6-35)17(29)19(31)18(15)30)21(43)24(45-22)26-38-11(2)39-41(26)16-5-14(28)8-36-25(16)27(32,33)34/h4-5,7-10,20-24,42-43H,1-3H3/t10?,20?,21-,22?,23+,24+/m0/s1. The summed E-state index contributed by atoms with van der Waals surface area (Å²) in [6, 6.07) is 2.43. The van der Waals surface area contributed by atoms with Gasteiger partial charge in [0.05, 0.1) is 33.6 Å². The summed E-state index contributed by atoms with van der Waals surface area (Å²) in [6.07, 6.45) is -8.62. The number of aryl methyl sites for hydroxylation is 1. The number of ether oxygens (including phenoxy) is 2. The third-order valence-corrected chi connectivity index (χ3v) is 7.76. The molecular weight excluding hydrogens is 652 g/mol. The van der Waals surface area contributed by atoms with Gasteiger partial charge >= 0.3 is 6.18 Å². The number of aliphatic hydroxyl groups is 2. The van der Waals surface area contributed by atoms with Crippen molar-refractivity contribution < 1.29 is 41.6 Å². The van der Waals surface area contributed by atoms with Crippen molar-refractivity contribution in [1.82, 2.24) is 29.5 Å². The number of aliphatic hydroxyl groups excluding tert-OH is 2. The molecular formula is C27H22Cl2F5N7O4. The molecule has 0 radical (unpaired) electrons. The minimum Gasteiger partial charge on any atom is -0.391 e. The van der Waals surface area contributed by atoms with Gasteiger partial charge < -0.3 is 19.7 Å². The van der Waals surface area contributed by atoms with E-state index in [0.29, 0.717) is 0 Å². The maximum atomic E-state index is 14.9. The number of benzene rings is 1. The number of nitriles is 1. The van der Waals surface area contributed by atoms with Crippen LogP contribution in [0, 0.1) is 29.9 Å². The molecule has 0 amide bonds. The van der Waals surface area contributed by atoms with Gasteiger partial charge in [-0.25, -0.2) is 23.4 Å². The fourth-order valence-electron chi connectivity index (χ4n) is 5.21. The highest BCUT2D eigenvalue weighted by Gasteiger charge is 2.51. The lowest BCUT2D eigenvalue weighted by molar-refractivity contribution is -0.230. The molecule has 3 unspecified atom stereocenters. The second kappa shape index (κ2) is 12.2. The van der Waals surface area contributed by atoms with Crippen LogP contribution >= 0.6 is 23.2 Å². The molecule has 1 fully saturated rings. The molecule has 0 spiro atoms. The van der Waals surface area contributed by atoms with Crippen LogP contribution in [0.25, 0.3) is 16.8 Å². The number of methoxy groups -OCH3 is 1. The Labute approximate surface area is 261 Å². The number of halogens is 7. The molecule has 6 atom stereocenters. The van der Waals surface area contributed by atoms with Gasteiger partial charge in [-0.05, 0) is 26.0 Å². The predicted molar refractivity (Wildman–Crippen MR) is 146 cm³/mol. The van der Waals surface area contributed by atoms with Crippen molar-refractivity contribution in [3.63, 3.8) is 0 Å². The molecule has 45 heavy (non-hydrogen) atoms. The van der Waals surface area contributed by atoms with E-state index in [9.17, 15) is 37.4 Å². The van der Waals surface area contributed by atoms with E-state index in [0.717, 1.165) is 33.9 Å². The van der Waals surface area contributed by atoms with Crippen LogP contribution in [0.1, 0.15) is 42.0 Å². The van der Waals surface area contributed by atoms with Crippen LogP contribution in [-0.4, -0.2) is 71.3 Å². The zero-order chi connectivity index (χ0) is 33.0. The molecule has 4 heterocycles. The van der Waals surface area contributed by atoms with Crippen molar-refractivity contribution >= 4 is 23.2 Å². The lowest BCUT2D eigenvalue weighted by Gasteiger charge is -2.45. The summed E-state index contributed by atoms with van der Waals surface area (Å²) in [5.41, 5.74) is -2.65. The molecule has 4 aromatic rings. The van der Waals surface area contributed by atoms with Crippen LogP contribution in [0.5, 0.6) is 0 Å². The first-order valence-electron chi connectivity index (χ1n) is 13.0. The summed E-state index contributed by atoms with van der Waals surface area (Å²) >= 11 is 11.7. The molecule has 0 bridgehead atoms. The second-order valence-corrected chi connectivity index (χ2v) is 10.9. The topological polar surface area (TPSA) is 144 Å². The van der Waals surface area contributed by atoms with E-state index in [2.05, 4.69) is 20.2 Å². The second-order valence-electron chi connectivity index (χ2n) is 10.1. The van der Waals surface area contributed by atoms with Crippen LogP contribution in [0.3, 0.4) is 0 Å². The molecule has 2 N–H and O–H groups in total. The average molecular weight is 674 g/mol. The van der Waals surface area contributed by atoms with Crippen molar-refractivity contribution in [2.75, 3.05) is 7.11 Å². The largest absolute Gasteiger partial charge is 0.435 e. The highest BCUT2D eigenvalue weighted by molar-refractivity contribution is 6.32. The summed E-state index contributed by atoms with van der Waals surface area (Å²) < 4.78 is 84.7. The Morgan fingerprint density at radius 3 is 2.51 bits per heavy atom. The minimum absolute atomic E-state index is 0.00262. The smallest absolute Gasteiger partial charge is 0.391 e. The van der Waals surface area contributed by atoms with E-state index in [-0.39, 0.29) is 33.4 Å². The highest BCUT2D eigenvalue weighted by Crippen LogP contribution is 2.42. The monoisotopic (exact) mass is 673 g/mol. The normalized spacial score (nSPS) is 22.8. The zero-order valence-corrected chi connectivity index (χ0v) is 24.8. The quantitative estimate of drug-likeness (QED) is 0.219. The third-order valence-electron chi connectivity index (χ3n) is 7.18. The summed E-state index contributed by atoms with van der Waals surface area (Å²) in [6.45, 7) is 2.77. The number of hydrogen-bond acceptors (Lipinski definition) is 9. The van der Waals surface area contributed by atoms with Crippen molar-refractivity contribution in [3.05, 3.63) is 75.3 Å². The number of rotatable bonds is 6. The third kappa shape index (κ3) is 5.87. The number of pyridine rings is 1. The molecule has 1 aromatic carbocycles. The van der Waals surface area contributed by atoms with E-state index in [1.54, 1.807) is 6.07 Å². The summed E-state index contributed by atoms with van der Waals surface area (Å²) in [5.74, 6) is -3.09. The summed E-state index contributed by atoms with van der Waals surface area (Å²) in [4.78, 5) is 7.66. The van der Waals surface area contributed by atoms with E-state index in [1.165, 1.54) is 27.2 Å². The minimum atomic E-state index is -4.93. The van der Waals surface area contributed by atoms with Gasteiger partial charge in [0.15, 0.2) is 23.2 Å². The van der Waals surface area contributed by atoms with Gasteiger partial charge in [-0.3, -0.25) is 4.68 Å². The van der Waals surface area contributed by atoms with Crippen LogP contribution in [-0.2, 0) is 15.7 Å². The van der Waals surface area contributed by atoms with Crippen LogP contribution in [0.4, 0.5) is 22.0 Å². The van der Waals surface area contributed by atoms with Gasteiger partial charge in [0, 0.05) is 30.6 Å². The lowest BCUT2D eigenvalue weighted by atomic mass is 9.89. The van der Waals surface area contributed by atoms with Crippen molar-refractivity contribution in [2.45, 2.75) is 56.6 Å². The summed E-state index contributed by atoms with van der Waals surface area (Å²) in [7, 11) is 1.27. The van der Waals surface area contributed by atoms with Crippen molar-refractivity contribution in [1.29, 1.82) is 5.26 Å². The Bertz CT molecular complexity index is 1790. The SMILES string of the molecule is CO[C@H]1C(C(C)O)O[C@@H](c2nc(C)nn2-c2cc(Cl)cnc2C(F)(F)F)[C@@H](O)C1n1cc(-c2cc(C#N)c(Cl)c(F)c2F)cn1. The Hall–Kier alpha value is -3.72. The van der Waals surface area contributed by atoms with Gasteiger partial charge in [0.25, 0.3) is 0 Å². The number of aromatic nitrogens is 6. The Balaban J connectivity index is 1.64. The molecule has 238 valence electrons. The van der Waals surface area contributed by atoms with E-state index in [4.69, 9.17) is 32.7 Å². The van der Waals surface area contributed by atoms with Crippen molar-refractivity contribution in [2.24, 2.45) is 0 Å². The first-order chi connectivity index (χ1) is 21.2. The van der Waals surface area contributed by atoms with E-state index >= 15 is 0 Å². The van der Waals surface area contributed by atoms with E-state index < -0.39 is 70.8 Å². The fraction of sp³-hybridized carbons (Fsp3) is 0.370. The predicted octanol–water partition coefficient (Wildman–Crippen LogP) is 4.75. The number of alkyl halides is 3. The lowest BCUT2D eigenvalue weighted by Crippen LogP contribution is -2.56. The molecule has 1 aliphatic heterocycles. The molecule has 1 saturated heterocycles. The van der Waals surface area contributed by atoms with E-state index in [1.807, 2.05) is 0 Å². The average Bonchev–Trinajstić information content (AvgIpc) is 3.61. The molecule has 18 heteroatoms. The van der Waals surface area contributed by atoms with Crippen LogP contribution < -0.4 is 0 Å². The molecule has 5 rings (SSSR count). The molecule has 3 aromatic heterocycles. The Kier molecular flexibility index (Phi) is 8.88. The molecule has 1 aliphatic rings. The zero-order valence-electron chi connectivity index (χ0n) is 23.3. The Morgan fingerprint density at radius 1 is 1.18 bits per heavy atom. The van der Waals surface area contributed by atoms with Gasteiger partial charge in [0.2, 0.25) is 0 Å².